The third kappa shape index (κ3) is 2.65. The standard InChI is InChI=1S/C16H13ClN2O2S/c1-11-15(12-7-3-2-4-8-12)22(20,21)19-16(11)18-14-10-6-5-9-13(14)17/h2-10H,1H3,(H,18,19). The van der Waals surface area contributed by atoms with Gasteiger partial charge in [-0.15, -0.1) is 4.40 Å². The molecule has 6 heteroatoms. The molecule has 0 saturated carbocycles. The number of rotatable bonds is 2. The molecule has 2 aromatic carbocycles. The van der Waals surface area contributed by atoms with E-state index in [-0.39, 0.29) is 4.91 Å². The maximum absolute atomic E-state index is 12.3. The summed E-state index contributed by atoms with van der Waals surface area (Å²) in [7, 11) is -3.71. The van der Waals surface area contributed by atoms with Crippen LogP contribution >= 0.6 is 11.6 Å². The second-order valence-electron chi connectivity index (χ2n) is 4.84. The number of nitrogens with one attached hydrogen (secondary N) is 1. The maximum atomic E-state index is 12.3. The first kappa shape index (κ1) is 14.8. The molecule has 22 heavy (non-hydrogen) atoms. The fourth-order valence-electron chi connectivity index (χ4n) is 2.30. The van der Waals surface area contributed by atoms with Crippen molar-refractivity contribution in [3.05, 3.63) is 70.8 Å². The molecule has 0 spiro atoms. The molecule has 1 aliphatic rings. The number of hydrogen-bond acceptors (Lipinski definition) is 3. The van der Waals surface area contributed by atoms with Crippen LogP contribution in [-0.2, 0) is 10.0 Å². The lowest BCUT2D eigenvalue weighted by atomic mass is 10.1. The minimum Gasteiger partial charge on any atom is -0.338 e. The predicted octanol–water partition coefficient (Wildman–Crippen LogP) is 3.93. The number of para-hydroxylation sites is 1. The summed E-state index contributed by atoms with van der Waals surface area (Å²) >= 11 is 6.09. The van der Waals surface area contributed by atoms with Crippen molar-refractivity contribution in [2.45, 2.75) is 6.92 Å². The molecular formula is C16H13ClN2O2S. The topological polar surface area (TPSA) is 58.5 Å². The molecule has 1 aliphatic heterocycles. The van der Waals surface area contributed by atoms with Gasteiger partial charge in [0.05, 0.1) is 10.7 Å². The van der Waals surface area contributed by atoms with Crippen molar-refractivity contribution in [2.75, 3.05) is 5.32 Å². The first-order valence-corrected chi connectivity index (χ1v) is 8.44. The van der Waals surface area contributed by atoms with Crippen molar-refractivity contribution in [3.8, 4) is 0 Å². The molecule has 2 aromatic rings. The summed E-state index contributed by atoms with van der Waals surface area (Å²) in [5, 5.41) is 3.50. The van der Waals surface area contributed by atoms with E-state index < -0.39 is 10.0 Å². The van der Waals surface area contributed by atoms with Crippen LogP contribution in [0.2, 0.25) is 5.02 Å². The smallest absolute Gasteiger partial charge is 0.285 e. The summed E-state index contributed by atoms with van der Waals surface area (Å²) in [6, 6.07) is 16.1. The summed E-state index contributed by atoms with van der Waals surface area (Å²) in [6.45, 7) is 1.73. The van der Waals surface area contributed by atoms with Gasteiger partial charge in [0.1, 0.15) is 10.7 Å². The lowest BCUT2D eigenvalue weighted by Gasteiger charge is -2.08. The zero-order chi connectivity index (χ0) is 15.7. The Labute approximate surface area is 134 Å². The zero-order valence-electron chi connectivity index (χ0n) is 11.7. The number of halogens is 1. The quantitative estimate of drug-likeness (QED) is 0.906. The Morgan fingerprint density at radius 3 is 2.32 bits per heavy atom. The Balaban J connectivity index is 2.04. The molecule has 1 heterocycles. The van der Waals surface area contributed by atoms with E-state index in [4.69, 9.17) is 11.6 Å². The highest BCUT2D eigenvalue weighted by molar-refractivity contribution is 8.00. The Morgan fingerprint density at radius 1 is 1.00 bits per heavy atom. The lowest BCUT2D eigenvalue weighted by Crippen LogP contribution is -2.11. The van der Waals surface area contributed by atoms with E-state index in [0.717, 1.165) is 0 Å². The monoisotopic (exact) mass is 332 g/mol. The van der Waals surface area contributed by atoms with Gasteiger partial charge in [-0.25, -0.2) is 0 Å². The maximum Gasteiger partial charge on any atom is 0.285 e. The lowest BCUT2D eigenvalue weighted by molar-refractivity contribution is 0.608. The second kappa shape index (κ2) is 5.59. The molecule has 0 aromatic heterocycles. The van der Waals surface area contributed by atoms with Gasteiger partial charge in [-0.2, -0.15) is 8.42 Å². The highest BCUT2D eigenvalue weighted by Crippen LogP contribution is 2.33. The minimum absolute atomic E-state index is 0.225. The first-order valence-electron chi connectivity index (χ1n) is 6.62. The highest BCUT2D eigenvalue weighted by Gasteiger charge is 2.31. The average molecular weight is 333 g/mol. The fraction of sp³-hybridized carbons (Fsp3) is 0.0625. The largest absolute Gasteiger partial charge is 0.338 e. The van der Waals surface area contributed by atoms with E-state index in [1.165, 1.54) is 0 Å². The van der Waals surface area contributed by atoms with Crippen LogP contribution in [0.1, 0.15) is 12.5 Å². The van der Waals surface area contributed by atoms with Crippen LogP contribution in [0.15, 0.2) is 64.6 Å². The summed E-state index contributed by atoms with van der Waals surface area (Å²) in [5.41, 5.74) is 1.82. The highest BCUT2D eigenvalue weighted by atomic mass is 35.5. The molecule has 0 saturated heterocycles. The fourth-order valence-corrected chi connectivity index (χ4v) is 3.91. The van der Waals surface area contributed by atoms with E-state index >= 15 is 0 Å². The molecular weight excluding hydrogens is 320 g/mol. The molecule has 3 rings (SSSR count). The molecule has 0 fully saturated rings. The van der Waals surface area contributed by atoms with Crippen molar-refractivity contribution in [1.29, 1.82) is 0 Å². The van der Waals surface area contributed by atoms with E-state index in [1.807, 2.05) is 12.1 Å². The minimum atomic E-state index is -3.71. The number of benzene rings is 2. The van der Waals surface area contributed by atoms with Crippen molar-refractivity contribution in [3.63, 3.8) is 0 Å². The molecule has 0 atom stereocenters. The molecule has 112 valence electrons. The zero-order valence-corrected chi connectivity index (χ0v) is 13.3. The number of anilines is 1. The van der Waals surface area contributed by atoms with Gasteiger partial charge in [-0.3, -0.25) is 0 Å². The van der Waals surface area contributed by atoms with Gasteiger partial charge in [-0.1, -0.05) is 54.1 Å². The Bertz CT molecular complexity index is 887. The molecule has 0 amide bonds. The van der Waals surface area contributed by atoms with E-state index in [1.54, 1.807) is 49.4 Å². The van der Waals surface area contributed by atoms with Gasteiger partial charge in [0, 0.05) is 5.57 Å². The second-order valence-corrected chi connectivity index (χ2v) is 6.79. The van der Waals surface area contributed by atoms with E-state index in [9.17, 15) is 8.42 Å². The Hall–Kier alpha value is -2.11. The number of nitrogens with zero attached hydrogens (tertiary/aromatic N) is 1. The van der Waals surface area contributed by atoms with Crippen LogP contribution in [-0.4, -0.2) is 14.3 Å². The summed E-state index contributed by atoms with van der Waals surface area (Å²) in [6.07, 6.45) is 0. The van der Waals surface area contributed by atoms with Crippen LogP contribution in [0.3, 0.4) is 0 Å². The first-order chi connectivity index (χ1) is 10.5. The average Bonchev–Trinajstić information content (AvgIpc) is 2.71. The van der Waals surface area contributed by atoms with Crippen LogP contribution in [0, 0.1) is 0 Å². The van der Waals surface area contributed by atoms with Gasteiger partial charge in [0.25, 0.3) is 10.0 Å². The normalized spacial score (nSPS) is 16.5. The molecule has 1 N–H and O–H groups in total. The molecule has 4 nitrogen and oxygen atoms in total. The third-order valence-corrected chi connectivity index (χ3v) is 5.14. The summed E-state index contributed by atoms with van der Waals surface area (Å²) < 4.78 is 28.5. The number of sulfonamides is 1. The van der Waals surface area contributed by atoms with Gasteiger partial charge in [-0.05, 0) is 24.6 Å². The van der Waals surface area contributed by atoms with Gasteiger partial charge >= 0.3 is 0 Å². The van der Waals surface area contributed by atoms with Crippen LogP contribution in [0.5, 0.6) is 0 Å². The van der Waals surface area contributed by atoms with Crippen molar-refractivity contribution in [2.24, 2.45) is 4.40 Å². The van der Waals surface area contributed by atoms with E-state index in [2.05, 4.69) is 9.71 Å². The SMILES string of the molecule is CC1=C(c2ccccc2)S(=O)(=O)N=C1Nc1ccccc1Cl. The molecule has 0 aliphatic carbocycles. The third-order valence-electron chi connectivity index (χ3n) is 3.33. The van der Waals surface area contributed by atoms with Gasteiger partial charge < -0.3 is 5.32 Å². The van der Waals surface area contributed by atoms with Crippen molar-refractivity contribution in [1.82, 2.24) is 0 Å². The van der Waals surface area contributed by atoms with E-state index in [0.29, 0.717) is 27.7 Å². The molecule has 0 bridgehead atoms. The van der Waals surface area contributed by atoms with Crippen LogP contribution in [0.4, 0.5) is 5.69 Å². The predicted molar refractivity (Wildman–Crippen MR) is 90.5 cm³/mol. The number of hydrogen-bond donors (Lipinski definition) is 1. The van der Waals surface area contributed by atoms with Crippen molar-refractivity contribution >= 4 is 38.1 Å². The van der Waals surface area contributed by atoms with Gasteiger partial charge in [0.2, 0.25) is 0 Å². The molecule has 0 unspecified atom stereocenters. The Kier molecular flexibility index (Phi) is 3.76. The van der Waals surface area contributed by atoms with Crippen molar-refractivity contribution < 1.29 is 8.42 Å². The van der Waals surface area contributed by atoms with Crippen LogP contribution < -0.4 is 5.32 Å². The van der Waals surface area contributed by atoms with Gasteiger partial charge in [0.15, 0.2) is 0 Å². The summed E-state index contributed by atoms with van der Waals surface area (Å²) in [5.74, 6) is 0.298. The molecule has 0 radical (unpaired) electrons. The number of amidine groups is 1. The Morgan fingerprint density at radius 2 is 1.64 bits per heavy atom. The summed E-state index contributed by atoms with van der Waals surface area (Å²) in [4.78, 5) is 0.225. The van der Waals surface area contributed by atoms with Crippen LogP contribution in [0.25, 0.3) is 4.91 Å².